The molecule has 5 heteroatoms. The Hall–Kier alpha value is -0.440. The first-order chi connectivity index (χ1) is 9.38. The number of hydrogen-bond donors (Lipinski definition) is 1. The van der Waals surface area contributed by atoms with Crippen molar-refractivity contribution in [3.63, 3.8) is 0 Å². The zero-order valence-electron chi connectivity index (χ0n) is 10.4. The lowest BCUT2D eigenvalue weighted by Crippen LogP contribution is -2.18. The third-order valence-corrected chi connectivity index (χ3v) is 3.80. The van der Waals surface area contributed by atoms with Gasteiger partial charge in [-0.1, -0.05) is 82.8 Å². The summed E-state index contributed by atoms with van der Waals surface area (Å²) < 4.78 is -1.76. The number of hydrogen-bond acceptors (Lipinski definition) is 1. The maximum Gasteiger partial charge on any atom is 0.220 e. The molecule has 0 aromatic heterocycles. The van der Waals surface area contributed by atoms with Crippen LogP contribution in [-0.2, 0) is 6.42 Å². The first kappa shape index (κ1) is 15.9. The van der Waals surface area contributed by atoms with E-state index in [2.05, 4.69) is 0 Å². The molecular formula is C15H12Cl4O. The molecule has 1 unspecified atom stereocenters. The molecule has 0 amide bonds. The number of benzene rings is 2. The smallest absolute Gasteiger partial charge is 0.220 e. The Balaban J connectivity index is 2.33. The molecular weight excluding hydrogens is 338 g/mol. The van der Waals surface area contributed by atoms with E-state index >= 15 is 0 Å². The molecule has 2 rings (SSSR count). The van der Waals surface area contributed by atoms with E-state index < -0.39 is 9.90 Å². The van der Waals surface area contributed by atoms with Gasteiger partial charge in [-0.25, -0.2) is 0 Å². The molecule has 0 aliphatic carbocycles. The van der Waals surface area contributed by atoms with E-state index in [9.17, 15) is 5.11 Å². The van der Waals surface area contributed by atoms with Gasteiger partial charge < -0.3 is 5.11 Å². The minimum absolute atomic E-state index is 0.604. The summed E-state index contributed by atoms with van der Waals surface area (Å²) in [4.78, 5) is 0. The van der Waals surface area contributed by atoms with E-state index in [1.807, 2.05) is 36.4 Å². The lowest BCUT2D eigenvalue weighted by Gasteiger charge is -2.22. The molecule has 1 atom stereocenters. The largest absolute Gasteiger partial charge is 0.384 e. The minimum atomic E-state index is -1.76. The average molecular weight is 350 g/mol. The summed E-state index contributed by atoms with van der Waals surface area (Å²) in [6, 6.07) is 14.9. The van der Waals surface area contributed by atoms with Crippen molar-refractivity contribution in [1.29, 1.82) is 0 Å². The Morgan fingerprint density at radius 2 is 1.70 bits per heavy atom. The van der Waals surface area contributed by atoms with Crippen molar-refractivity contribution in [3.05, 3.63) is 70.2 Å². The molecule has 0 spiro atoms. The van der Waals surface area contributed by atoms with Crippen LogP contribution in [0.1, 0.15) is 22.8 Å². The van der Waals surface area contributed by atoms with Crippen molar-refractivity contribution >= 4 is 46.4 Å². The van der Waals surface area contributed by atoms with Crippen molar-refractivity contribution in [2.24, 2.45) is 0 Å². The maximum atomic E-state index is 10.1. The van der Waals surface area contributed by atoms with E-state index in [-0.39, 0.29) is 0 Å². The molecule has 0 fully saturated rings. The van der Waals surface area contributed by atoms with Crippen LogP contribution in [0, 0.1) is 0 Å². The van der Waals surface area contributed by atoms with Crippen LogP contribution in [0.2, 0.25) is 5.02 Å². The van der Waals surface area contributed by atoms with E-state index in [0.717, 1.165) is 11.1 Å². The Kier molecular flexibility index (Phi) is 5.22. The topological polar surface area (TPSA) is 20.2 Å². The fraction of sp³-hybridized carbons (Fsp3) is 0.200. The fourth-order valence-corrected chi connectivity index (χ4v) is 2.57. The highest BCUT2D eigenvalue weighted by Crippen LogP contribution is 2.41. The van der Waals surface area contributed by atoms with Gasteiger partial charge in [-0.2, -0.15) is 0 Å². The summed E-state index contributed by atoms with van der Waals surface area (Å²) in [5.74, 6) is 0. The monoisotopic (exact) mass is 348 g/mol. The molecule has 0 aliphatic rings. The van der Waals surface area contributed by atoms with Crippen molar-refractivity contribution in [2.75, 3.05) is 0 Å². The third kappa shape index (κ3) is 4.03. The van der Waals surface area contributed by atoms with Gasteiger partial charge in [0.25, 0.3) is 0 Å². The van der Waals surface area contributed by atoms with Crippen molar-refractivity contribution < 1.29 is 5.11 Å². The summed E-state index contributed by atoms with van der Waals surface area (Å²) in [5.41, 5.74) is 2.53. The fourth-order valence-electron chi connectivity index (χ4n) is 2.01. The van der Waals surface area contributed by atoms with E-state index in [1.165, 1.54) is 0 Å². The molecule has 0 bridgehead atoms. The summed E-state index contributed by atoms with van der Waals surface area (Å²) in [6.45, 7) is 0. The maximum absolute atomic E-state index is 10.1. The van der Waals surface area contributed by atoms with Crippen LogP contribution in [-0.4, -0.2) is 8.90 Å². The molecule has 0 heterocycles. The van der Waals surface area contributed by atoms with E-state index in [4.69, 9.17) is 46.4 Å². The van der Waals surface area contributed by atoms with Crippen molar-refractivity contribution in [3.8, 4) is 0 Å². The normalized spacial score (nSPS) is 13.2. The SMILES string of the molecule is OC(c1ccccc1Cc1cccc(Cl)c1)C(Cl)(Cl)Cl. The second kappa shape index (κ2) is 6.55. The minimum Gasteiger partial charge on any atom is -0.384 e. The summed E-state index contributed by atoms with van der Waals surface area (Å²) in [5, 5.41) is 10.8. The van der Waals surface area contributed by atoms with E-state index in [1.54, 1.807) is 12.1 Å². The van der Waals surface area contributed by atoms with E-state index in [0.29, 0.717) is 17.0 Å². The molecule has 20 heavy (non-hydrogen) atoms. The lowest BCUT2D eigenvalue weighted by molar-refractivity contribution is 0.181. The standard InChI is InChI=1S/C15H12Cl4O/c16-12-6-3-4-10(9-12)8-11-5-1-2-7-13(11)14(20)15(17,18)19/h1-7,9,14,20H,8H2. The van der Waals surface area contributed by atoms with Crippen LogP contribution in [0.15, 0.2) is 48.5 Å². The molecule has 0 aliphatic heterocycles. The molecule has 106 valence electrons. The van der Waals surface area contributed by atoms with Crippen LogP contribution < -0.4 is 0 Å². The molecule has 1 N–H and O–H groups in total. The number of halogens is 4. The Morgan fingerprint density at radius 1 is 1.00 bits per heavy atom. The third-order valence-electron chi connectivity index (χ3n) is 2.94. The molecule has 0 saturated heterocycles. The highest BCUT2D eigenvalue weighted by molar-refractivity contribution is 6.68. The lowest BCUT2D eigenvalue weighted by atomic mass is 9.97. The predicted molar refractivity (Wildman–Crippen MR) is 85.9 cm³/mol. The predicted octanol–water partition coefficient (Wildman–Crippen LogP) is 5.33. The molecule has 2 aromatic rings. The van der Waals surface area contributed by atoms with Crippen LogP contribution in [0.25, 0.3) is 0 Å². The van der Waals surface area contributed by atoms with Gasteiger partial charge in [0.2, 0.25) is 3.79 Å². The van der Waals surface area contributed by atoms with Gasteiger partial charge in [0.15, 0.2) is 0 Å². The van der Waals surface area contributed by atoms with Crippen molar-refractivity contribution in [2.45, 2.75) is 16.3 Å². The zero-order chi connectivity index (χ0) is 14.8. The highest BCUT2D eigenvalue weighted by atomic mass is 35.6. The number of alkyl halides is 3. The number of rotatable bonds is 3. The second-order valence-corrected chi connectivity index (χ2v) is 7.26. The first-order valence-corrected chi connectivity index (χ1v) is 7.46. The van der Waals surface area contributed by atoms with Gasteiger partial charge in [0.05, 0.1) is 0 Å². The molecule has 0 radical (unpaired) electrons. The van der Waals surface area contributed by atoms with Gasteiger partial charge in [-0.3, -0.25) is 0 Å². The van der Waals surface area contributed by atoms with Gasteiger partial charge in [-0.15, -0.1) is 0 Å². The van der Waals surface area contributed by atoms with Crippen LogP contribution >= 0.6 is 46.4 Å². The van der Waals surface area contributed by atoms with Crippen LogP contribution in [0.5, 0.6) is 0 Å². The highest BCUT2D eigenvalue weighted by Gasteiger charge is 2.33. The molecule has 1 nitrogen and oxygen atoms in total. The second-order valence-electron chi connectivity index (χ2n) is 4.45. The Bertz CT molecular complexity index is 592. The first-order valence-electron chi connectivity index (χ1n) is 5.95. The average Bonchev–Trinajstić information content (AvgIpc) is 2.37. The van der Waals surface area contributed by atoms with Crippen molar-refractivity contribution in [1.82, 2.24) is 0 Å². The Labute approximate surface area is 138 Å². The zero-order valence-corrected chi connectivity index (χ0v) is 13.4. The summed E-state index contributed by atoms with van der Waals surface area (Å²) in [7, 11) is 0. The summed E-state index contributed by atoms with van der Waals surface area (Å²) >= 11 is 23.3. The van der Waals surface area contributed by atoms with Crippen LogP contribution in [0.3, 0.4) is 0 Å². The van der Waals surface area contributed by atoms with Gasteiger partial charge >= 0.3 is 0 Å². The quantitative estimate of drug-likeness (QED) is 0.742. The number of aliphatic hydroxyl groups is 1. The van der Waals surface area contributed by atoms with Gasteiger partial charge in [-0.05, 0) is 35.2 Å². The molecule has 0 saturated carbocycles. The molecule has 2 aromatic carbocycles. The van der Waals surface area contributed by atoms with Crippen LogP contribution in [0.4, 0.5) is 0 Å². The number of aliphatic hydroxyl groups excluding tert-OH is 1. The summed E-state index contributed by atoms with van der Waals surface area (Å²) in [6.07, 6.45) is -0.572. The van der Waals surface area contributed by atoms with Gasteiger partial charge in [0.1, 0.15) is 6.10 Å². The Morgan fingerprint density at radius 3 is 2.35 bits per heavy atom. The van der Waals surface area contributed by atoms with Gasteiger partial charge in [0, 0.05) is 5.02 Å².